The molecule has 0 saturated heterocycles. The largest absolute Gasteiger partial charge is 0.477 e. The summed E-state index contributed by atoms with van der Waals surface area (Å²) in [6, 6.07) is 3.86. The first-order valence-electron chi connectivity index (χ1n) is 6.10. The van der Waals surface area contributed by atoms with Crippen LogP contribution < -0.4 is 20.7 Å². The molecule has 0 bridgehead atoms. The lowest BCUT2D eigenvalue weighted by molar-refractivity contribution is -0.126. The van der Waals surface area contributed by atoms with Gasteiger partial charge in [0.05, 0.1) is 0 Å². The second-order valence-electron chi connectivity index (χ2n) is 4.09. The van der Waals surface area contributed by atoms with Gasteiger partial charge in [-0.25, -0.2) is 9.18 Å². The number of carbonyl (C=O) groups excluding carboxylic acids is 2. The summed E-state index contributed by atoms with van der Waals surface area (Å²) in [6.45, 7) is 1.84. The molecule has 0 radical (unpaired) electrons. The van der Waals surface area contributed by atoms with Crippen molar-refractivity contribution in [2.24, 2.45) is 0 Å². The van der Waals surface area contributed by atoms with Crippen LogP contribution in [0.1, 0.15) is 12.5 Å². The Labute approximate surface area is 116 Å². The van der Waals surface area contributed by atoms with Crippen LogP contribution in [0.4, 0.5) is 9.18 Å². The van der Waals surface area contributed by atoms with Gasteiger partial charge in [0, 0.05) is 19.2 Å². The highest BCUT2D eigenvalue weighted by atomic mass is 19.1. The van der Waals surface area contributed by atoms with Gasteiger partial charge < -0.3 is 15.4 Å². The maximum absolute atomic E-state index is 13.8. The highest BCUT2D eigenvalue weighted by Gasteiger charge is 2.20. The minimum absolute atomic E-state index is 0.00130. The van der Waals surface area contributed by atoms with E-state index in [9.17, 15) is 14.0 Å². The molecule has 0 heterocycles. The number of carbonyl (C=O) groups is 2. The van der Waals surface area contributed by atoms with Gasteiger partial charge in [-0.3, -0.25) is 10.1 Å². The van der Waals surface area contributed by atoms with Crippen LogP contribution in [-0.4, -0.2) is 32.1 Å². The summed E-state index contributed by atoms with van der Waals surface area (Å²) in [5.41, 5.74) is 0.590. The van der Waals surface area contributed by atoms with Gasteiger partial charge in [-0.1, -0.05) is 12.1 Å². The van der Waals surface area contributed by atoms with Gasteiger partial charge in [-0.15, -0.1) is 0 Å². The number of hydrogen-bond donors (Lipinski definition) is 3. The fourth-order valence-electron chi connectivity index (χ4n) is 1.52. The lowest BCUT2D eigenvalue weighted by atomic mass is 10.2. The number of amides is 3. The highest BCUT2D eigenvalue weighted by molar-refractivity contribution is 5.96. The van der Waals surface area contributed by atoms with Gasteiger partial charge in [-0.05, 0) is 20.0 Å². The van der Waals surface area contributed by atoms with Gasteiger partial charge in [0.2, 0.25) is 0 Å². The van der Waals surface area contributed by atoms with E-state index in [1.807, 2.05) is 0 Å². The minimum Gasteiger partial charge on any atom is -0.477 e. The average molecular weight is 283 g/mol. The van der Waals surface area contributed by atoms with Crippen LogP contribution in [-0.2, 0) is 11.3 Å². The van der Waals surface area contributed by atoms with Crippen molar-refractivity contribution in [1.82, 2.24) is 16.0 Å². The van der Waals surface area contributed by atoms with Gasteiger partial charge in [-0.2, -0.15) is 0 Å². The molecule has 3 N–H and O–H groups in total. The van der Waals surface area contributed by atoms with E-state index in [0.29, 0.717) is 12.1 Å². The Morgan fingerprint density at radius 1 is 1.35 bits per heavy atom. The second kappa shape index (κ2) is 7.44. The lowest BCUT2D eigenvalue weighted by Crippen LogP contribution is -2.44. The first kappa shape index (κ1) is 15.9. The number of urea groups is 1. The molecule has 1 aromatic carbocycles. The van der Waals surface area contributed by atoms with E-state index >= 15 is 0 Å². The first-order valence-corrected chi connectivity index (χ1v) is 6.10. The van der Waals surface area contributed by atoms with E-state index in [-0.39, 0.29) is 5.75 Å². The van der Waals surface area contributed by atoms with Crippen LogP contribution in [0.25, 0.3) is 0 Å². The third-order valence-corrected chi connectivity index (χ3v) is 2.54. The summed E-state index contributed by atoms with van der Waals surface area (Å²) in [4.78, 5) is 22.7. The molecule has 1 rings (SSSR count). The van der Waals surface area contributed by atoms with Crippen molar-refractivity contribution in [3.63, 3.8) is 0 Å². The van der Waals surface area contributed by atoms with Crippen molar-refractivity contribution in [3.8, 4) is 5.75 Å². The second-order valence-corrected chi connectivity index (χ2v) is 4.09. The number of para-hydroxylation sites is 1. The average Bonchev–Trinajstić information content (AvgIpc) is 2.42. The van der Waals surface area contributed by atoms with Crippen molar-refractivity contribution in [2.45, 2.75) is 19.6 Å². The molecular weight excluding hydrogens is 265 g/mol. The number of halogens is 1. The predicted octanol–water partition coefficient (Wildman–Crippen LogP) is 0.768. The van der Waals surface area contributed by atoms with Crippen LogP contribution in [0.15, 0.2) is 18.2 Å². The zero-order chi connectivity index (χ0) is 15.1. The van der Waals surface area contributed by atoms with Crippen LogP contribution in [0.3, 0.4) is 0 Å². The Morgan fingerprint density at radius 2 is 2.05 bits per heavy atom. The smallest absolute Gasteiger partial charge is 0.321 e. The van der Waals surface area contributed by atoms with Crippen LogP contribution in [0.2, 0.25) is 0 Å². The maximum atomic E-state index is 13.8. The van der Waals surface area contributed by atoms with Crippen molar-refractivity contribution in [2.75, 3.05) is 14.1 Å². The molecule has 20 heavy (non-hydrogen) atoms. The SMILES string of the molecule is CNCc1cccc(F)c1OC(C)C(=O)NC(=O)NC. The van der Waals surface area contributed by atoms with E-state index in [2.05, 4.69) is 16.0 Å². The van der Waals surface area contributed by atoms with Crippen LogP contribution in [0.5, 0.6) is 5.75 Å². The zero-order valence-corrected chi connectivity index (χ0v) is 11.6. The molecule has 7 heteroatoms. The Bertz CT molecular complexity index is 494. The van der Waals surface area contributed by atoms with Gasteiger partial charge in [0.25, 0.3) is 5.91 Å². The Balaban J connectivity index is 2.81. The van der Waals surface area contributed by atoms with E-state index in [4.69, 9.17) is 4.74 Å². The highest BCUT2D eigenvalue weighted by Crippen LogP contribution is 2.23. The molecule has 3 amide bonds. The minimum atomic E-state index is -1.00. The molecule has 0 fully saturated rings. The fourth-order valence-corrected chi connectivity index (χ4v) is 1.52. The summed E-state index contributed by atoms with van der Waals surface area (Å²) >= 11 is 0. The predicted molar refractivity (Wildman–Crippen MR) is 71.9 cm³/mol. The number of hydrogen-bond acceptors (Lipinski definition) is 4. The summed E-state index contributed by atoms with van der Waals surface area (Å²) in [5.74, 6) is -1.21. The Hall–Kier alpha value is -2.15. The monoisotopic (exact) mass is 283 g/mol. The number of imide groups is 1. The van der Waals surface area contributed by atoms with E-state index in [0.717, 1.165) is 0 Å². The third kappa shape index (κ3) is 4.20. The molecule has 0 aromatic heterocycles. The number of rotatable bonds is 5. The first-order chi connectivity index (χ1) is 9.49. The van der Waals surface area contributed by atoms with Crippen molar-refractivity contribution in [3.05, 3.63) is 29.6 Å². The van der Waals surface area contributed by atoms with Crippen molar-refractivity contribution in [1.29, 1.82) is 0 Å². The zero-order valence-electron chi connectivity index (χ0n) is 11.6. The number of benzene rings is 1. The molecule has 0 aliphatic carbocycles. The normalized spacial score (nSPS) is 11.6. The quantitative estimate of drug-likeness (QED) is 0.745. The molecule has 1 atom stereocenters. The van der Waals surface area contributed by atoms with Gasteiger partial charge in [0.1, 0.15) is 0 Å². The van der Waals surface area contributed by atoms with E-state index in [1.165, 1.54) is 20.0 Å². The Kier molecular flexibility index (Phi) is 5.92. The molecule has 6 nitrogen and oxygen atoms in total. The molecule has 1 aromatic rings. The summed E-state index contributed by atoms with van der Waals surface area (Å²) in [6.07, 6.45) is -1.00. The molecule has 0 saturated carbocycles. The number of nitrogens with one attached hydrogen (secondary N) is 3. The molecule has 0 spiro atoms. The maximum Gasteiger partial charge on any atom is 0.321 e. The molecule has 110 valence electrons. The lowest BCUT2D eigenvalue weighted by Gasteiger charge is -2.17. The third-order valence-electron chi connectivity index (χ3n) is 2.54. The van der Waals surface area contributed by atoms with E-state index < -0.39 is 23.9 Å². The summed E-state index contributed by atoms with van der Waals surface area (Å²) < 4.78 is 19.1. The summed E-state index contributed by atoms with van der Waals surface area (Å²) in [5, 5.41) is 7.20. The number of ether oxygens (including phenoxy) is 1. The van der Waals surface area contributed by atoms with E-state index in [1.54, 1.807) is 19.2 Å². The van der Waals surface area contributed by atoms with Crippen LogP contribution in [0, 0.1) is 5.82 Å². The molecule has 0 aliphatic rings. The van der Waals surface area contributed by atoms with Crippen molar-refractivity contribution >= 4 is 11.9 Å². The summed E-state index contributed by atoms with van der Waals surface area (Å²) in [7, 11) is 3.10. The molecular formula is C13H18FN3O3. The van der Waals surface area contributed by atoms with Crippen LogP contribution >= 0.6 is 0 Å². The van der Waals surface area contributed by atoms with Gasteiger partial charge >= 0.3 is 6.03 Å². The molecule has 1 unspecified atom stereocenters. The Morgan fingerprint density at radius 3 is 2.65 bits per heavy atom. The fraction of sp³-hybridized carbons (Fsp3) is 0.385. The molecule has 0 aliphatic heterocycles. The van der Waals surface area contributed by atoms with Gasteiger partial charge in [0.15, 0.2) is 17.7 Å². The van der Waals surface area contributed by atoms with Crippen molar-refractivity contribution < 1.29 is 18.7 Å². The topological polar surface area (TPSA) is 79.5 Å². The standard InChI is InChI=1S/C13H18FN3O3/c1-8(12(18)17-13(19)16-3)20-11-9(7-15-2)5-4-6-10(11)14/h4-6,8,15H,7H2,1-3H3,(H2,16,17,18,19).